The van der Waals surface area contributed by atoms with Gasteiger partial charge in [0, 0.05) is 6.54 Å². The van der Waals surface area contributed by atoms with Gasteiger partial charge in [-0.3, -0.25) is 4.90 Å². The van der Waals surface area contributed by atoms with Crippen LogP contribution in [0.3, 0.4) is 0 Å². The number of rotatable bonds is 5. The van der Waals surface area contributed by atoms with Gasteiger partial charge in [0.05, 0.1) is 47.8 Å². The molecule has 1 unspecified atom stereocenters. The van der Waals surface area contributed by atoms with E-state index in [1.807, 2.05) is 0 Å². The third-order valence-electron chi connectivity index (χ3n) is 6.24. The maximum Gasteiger partial charge on any atom is 0.416 e. The Hall–Kier alpha value is -3.65. The number of ether oxygens (including phenoxy) is 2. The summed E-state index contributed by atoms with van der Waals surface area (Å²) in [6.07, 6.45) is -16.3. The molecule has 0 bridgehead atoms. The molecule has 40 heavy (non-hydrogen) atoms. The van der Waals surface area contributed by atoms with Crippen molar-refractivity contribution in [2.24, 2.45) is 0 Å². The number of hydrogen-bond donors (Lipinski definition) is 0. The molecule has 2 atom stereocenters. The molecule has 1 heterocycles. The number of methoxy groups -OCH3 is 1. The number of esters is 1. The Balaban J connectivity index is 2.36. The van der Waals surface area contributed by atoms with E-state index in [2.05, 4.69) is 0 Å². The highest BCUT2D eigenvalue weighted by molar-refractivity contribution is 5.96. The number of fused-ring (bicyclic) bond motifs is 1. The molecule has 2 aromatic carbocycles. The van der Waals surface area contributed by atoms with Gasteiger partial charge >= 0.3 is 30.6 Å². The molecule has 0 saturated heterocycles. The van der Waals surface area contributed by atoms with Crippen LogP contribution in [0, 0.1) is 0 Å². The molecule has 15 heteroatoms. The van der Waals surface area contributed by atoms with E-state index in [1.165, 1.54) is 6.92 Å². The van der Waals surface area contributed by atoms with Gasteiger partial charge in [-0.05, 0) is 55.3 Å². The maximum absolute atomic E-state index is 13.7. The van der Waals surface area contributed by atoms with Gasteiger partial charge < -0.3 is 14.4 Å². The number of carbonyl (C=O) groups excluding carboxylic acids is 2. The van der Waals surface area contributed by atoms with Crippen molar-refractivity contribution in [2.45, 2.75) is 50.9 Å². The van der Waals surface area contributed by atoms with Gasteiger partial charge in [0.25, 0.3) is 0 Å². The highest BCUT2D eigenvalue weighted by Crippen LogP contribution is 2.46. The second-order valence-corrected chi connectivity index (χ2v) is 8.75. The number of carbonyl (C=O) groups is 2. The Morgan fingerprint density at radius 3 is 1.85 bits per heavy atom. The number of hydrogen-bond acceptors (Lipinski definition) is 5. The normalized spacial score (nSPS) is 16.9. The summed E-state index contributed by atoms with van der Waals surface area (Å²) in [6, 6.07) is -0.335. The number of anilines is 2. The SMILES string of the molecule is CCOC(=O)N1c2ccc(C(F)(F)F)cc2N(C(C(=O)OC)c2cc(C(F)(F)F)cc(C(F)(F)F)c2)C[C@H]1CC. The van der Waals surface area contributed by atoms with Crippen molar-refractivity contribution in [1.29, 1.82) is 0 Å². The van der Waals surface area contributed by atoms with Crippen LogP contribution < -0.4 is 9.80 Å². The van der Waals surface area contributed by atoms with Crippen LogP contribution >= 0.6 is 0 Å². The van der Waals surface area contributed by atoms with Crippen molar-refractivity contribution in [3.8, 4) is 0 Å². The molecule has 1 amide bonds. The lowest BCUT2D eigenvalue weighted by Gasteiger charge is -2.45. The lowest BCUT2D eigenvalue weighted by atomic mass is 9.95. The average Bonchev–Trinajstić information content (AvgIpc) is 2.86. The first-order valence-electron chi connectivity index (χ1n) is 11.7. The fourth-order valence-electron chi connectivity index (χ4n) is 4.43. The molecular formula is C25H23F9N2O4. The molecule has 0 spiro atoms. The number of halogens is 9. The predicted molar refractivity (Wildman–Crippen MR) is 124 cm³/mol. The van der Waals surface area contributed by atoms with Crippen molar-refractivity contribution in [3.63, 3.8) is 0 Å². The van der Waals surface area contributed by atoms with Crippen molar-refractivity contribution in [3.05, 3.63) is 58.7 Å². The van der Waals surface area contributed by atoms with Crippen LogP contribution in [-0.4, -0.2) is 38.4 Å². The van der Waals surface area contributed by atoms with E-state index >= 15 is 0 Å². The van der Waals surface area contributed by atoms with Crippen molar-refractivity contribution in [2.75, 3.05) is 30.1 Å². The van der Waals surface area contributed by atoms with Crippen molar-refractivity contribution >= 4 is 23.4 Å². The predicted octanol–water partition coefficient (Wildman–Crippen LogP) is 7.22. The molecular weight excluding hydrogens is 563 g/mol. The van der Waals surface area contributed by atoms with E-state index in [-0.39, 0.29) is 24.8 Å². The number of benzene rings is 2. The Labute approximate surface area is 222 Å². The number of nitrogens with zero attached hydrogens (tertiary/aromatic N) is 2. The van der Waals surface area contributed by atoms with Gasteiger partial charge in [-0.2, -0.15) is 39.5 Å². The molecule has 0 aromatic heterocycles. The topological polar surface area (TPSA) is 59.1 Å². The Kier molecular flexibility index (Phi) is 8.56. The molecule has 0 N–H and O–H groups in total. The van der Waals surface area contributed by atoms with Gasteiger partial charge in [0.1, 0.15) is 0 Å². The minimum Gasteiger partial charge on any atom is -0.467 e. The van der Waals surface area contributed by atoms with E-state index in [9.17, 15) is 49.1 Å². The highest BCUT2D eigenvalue weighted by Gasteiger charge is 2.44. The van der Waals surface area contributed by atoms with Crippen molar-refractivity contribution in [1.82, 2.24) is 0 Å². The first-order chi connectivity index (χ1) is 18.4. The zero-order valence-electron chi connectivity index (χ0n) is 21.2. The van der Waals surface area contributed by atoms with Crippen LogP contribution in [0.2, 0.25) is 0 Å². The van der Waals surface area contributed by atoms with E-state index in [0.717, 1.165) is 23.0 Å². The second-order valence-electron chi connectivity index (χ2n) is 8.75. The minimum absolute atomic E-state index is 0.0965. The molecule has 0 saturated carbocycles. The number of alkyl halides is 9. The van der Waals surface area contributed by atoms with Crippen LogP contribution in [0.1, 0.15) is 48.6 Å². The molecule has 220 valence electrons. The maximum atomic E-state index is 13.7. The molecule has 0 fully saturated rings. The van der Waals surface area contributed by atoms with Crippen LogP contribution in [0.5, 0.6) is 0 Å². The Morgan fingerprint density at radius 2 is 1.40 bits per heavy atom. The molecule has 2 aromatic rings. The van der Waals surface area contributed by atoms with Crippen LogP contribution in [-0.2, 0) is 32.8 Å². The average molecular weight is 586 g/mol. The second kappa shape index (κ2) is 11.1. The summed E-state index contributed by atoms with van der Waals surface area (Å²) in [7, 11) is 0.826. The van der Waals surface area contributed by atoms with Crippen LogP contribution in [0.15, 0.2) is 36.4 Å². The third-order valence-corrected chi connectivity index (χ3v) is 6.24. The lowest BCUT2D eigenvalue weighted by Crippen LogP contribution is -2.53. The summed E-state index contributed by atoms with van der Waals surface area (Å²) < 4.78 is 132. The number of amides is 1. The Bertz CT molecular complexity index is 1230. The van der Waals surface area contributed by atoms with Gasteiger partial charge in [0.15, 0.2) is 6.04 Å². The monoisotopic (exact) mass is 586 g/mol. The van der Waals surface area contributed by atoms with E-state index in [1.54, 1.807) is 6.92 Å². The summed E-state index contributed by atoms with van der Waals surface area (Å²) in [4.78, 5) is 27.7. The molecule has 1 aliphatic heterocycles. The molecule has 6 nitrogen and oxygen atoms in total. The molecule has 0 aliphatic carbocycles. The summed E-state index contributed by atoms with van der Waals surface area (Å²) in [5.41, 5.74) is -6.16. The van der Waals surface area contributed by atoms with Gasteiger partial charge in [-0.15, -0.1) is 0 Å². The largest absolute Gasteiger partial charge is 0.467 e. The van der Waals surface area contributed by atoms with E-state index in [0.29, 0.717) is 24.3 Å². The minimum atomic E-state index is -5.26. The summed E-state index contributed by atoms with van der Waals surface area (Å²) >= 11 is 0. The summed E-state index contributed by atoms with van der Waals surface area (Å²) in [5, 5.41) is 0. The van der Waals surface area contributed by atoms with Crippen molar-refractivity contribution < 1.29 is 58.6 Å². The molecule has 0 radical (unpaired) electrons. The first-order valence-corrected chi connectivity index (χ1v) is 11.7. The Morgan fingerprint density at radius 1 is 0.850 bits per heavy atom. The van der Waals surface area contributed by atoms with Crippen LogP contribution in [0.4, 0.5) is 55.7 Å². The standard InChI is InChI=1S/C25H23F9N2O4/c1-4-17-12-35(19-11-14(23(26,27)28)6-7-18(19)36(17)22(38)40-5-2)20(21(37)39-3)13-8-15(24(29,30)31)10-16(9-13)25(32,33)34/h6-11,17,20H,4-5,12H2,1-3H3/t17-,20?/m1/s1. The summed E-state index contributed by atoms with van der Waals surface area (Å²) in [5.74, 6) is -1.34. The summed E-state index contributed by atoms with van der Waals surface area (Å²) in [6.45, 7) is 2.52. The highest BCUT2D eigenvalue weighted by atomic mass is 19.4. The van der Waals surface area contributed by atoms with E-state index < -0.39 is 77.2 Å². The quantitative estimate of drug-likeness (QED) is 0.274. The van der Waals surface area contributed by atoms with Gasteiger partial charge in [-0.1, -0.05) is 6.92 Å². The lowest BCUT2D eigenvalue weighted by molar-refractivity contribution is -0.145. The van der Waals surface area contributed by atoms with Gasteiger partial charge in [0.2, 0.25) is 0 Å². The van der Waals surface area contributed by atoms with Gasteiger partial charge in [-0.25, -0.2) is 9.59 Å². The van der Waals surface area contributed by atoms with Crippen LogP contribution in [0.25, 0.3) is 0 Å². The fourth-order valence-corrected chi connectivity index (χ4v) is 4.43. The fraction of sp³-hybridized carbons (Fsp3) is 0.440. The zero-order chi connectivity index (χ0) is 30.2. The van der Waals surface area contributed by atoms with E-state index in [4.69, 9.17) is 9.47 Å². The molecule has 1 aliphatic rings. The third kappa shape index (κ3) is 6.22. The smallest absolute Gasteiger partial charge is 0.416 e. The molecule has 3 rings (SSSR count). The zero-order valence-corrected chi connectivity index (χ0v) is 21.2. The first kappa shape index (κ1) is 30.9.